The minimum Gasteiger partial charge on any atom is -0.296 e. The third-order valence-electron chi connectivity index (χ3n) is 4.57. The van der Waals surface area contributed by atoms with E-state index >= 15 is 0 Å². The molecular formula is C21H20ClN2O3P. The van der Waals surface area contributed by atoms with Crippen molar-refractivity contribution in [2.45, 2.75) is 12.5 Å². The Morgan fingerprint density at radius 1 is 0.929 bits per heavy atom. The Kier molecular flexibility index (Phi) is 5.99. The molecule has 0 spiro atoms. The lowest BCUT2D eigenvalue weighted by Crippen LogP contribution is -2.47. The molecule has 3 aromatic rings. The second-order valence-corrected chi connectivity index (χ2v) is 9.63. The van der Waals surface area contributed by atoms with Crippen LogP contribution in [0.15, 0.2) is 84.9 Å². The zero-order valence-electron chi connectivity index (χ0n) is 15.3. The molecule has 3 rings (SSSR count). The fourth-order valence-electron chi connectivity index (χ4n) is 3.17. The predicted octanol–water partition coefficient (Wildman–Crippen LogP) is 4.35. The zero-order valence-corrected chi connectivity index (χ0v) is 16.9. The molecule has 0 amide bonds. The molecule has 7 heteroatoms. The Morgan fingerprint density at radius 2 is 1.39 bits per heavy atom. The first-order valence-corrected chi connectivity index (χ1v) is 10.8. The lowest BCUT2D eigenvalue weighted by molar-refractivity contribution is -0.490. The Labute approximate surface area is 168 Å². The van der Waals surface area contributed by atoms with E-state index in [0.717, 1.165) is 0 Å². The van der Waals surface area contributed by atoms with Crippen molar-refractivity contribution in [3.63, 3.8) is 0 Å². The SMILES string of the molecule is C[C@@](C[N+](=O)[O-])(NP(=O)(c1ccccc1)c1ccccc1)c1ccc(Cl)cc1. The van der Waals surface area contributed by atoms with Gasteiger partial charge in [-0.1, -0.05) is 60.1 Å². The molecule has 0 bridgehead atoms. The molecule has 3 aromatic carbocycles. The van der Waals surface area contributed by atoms with Crippen molar-refractivity contribution in [1.82, 2.24) is 5.09 Å². The maximum absolute atomic E-state index is 14.3. The van der Waals surface area contributed by atoms with Gasteiger partial charge < -0.3 is 0 Å². The summed E-state index contributed by atoms with van der Waals surface area (Å²) in [7, 11) is -3.37. The van der Waals surface area contributed by atoms with Crippen molar-refractivity contribution in [1.29, 1.82) is 0 Å². The number of benzene rings is 3. The highest BCUT2D eigenvalue weighted by molar-refractivity contribution is 7.77. The first-order valence-electron chi connectivity index (χ1n) is 8.72. The first kappa shape index (κ1) is 20.3. The summed E-state index contributed by atoms with van der Waals surface area (Å²) in [5, 5.41) is 16.3. The fourth-order valence-corrected chi connectivity index (χ4v) is 5.93. The maximum atomic E-state index is 14.3. The largest absolute Gasteiger partial charge is 0.296 e. The molecule has 28 heavy (non-hydrogen) atoms. The summed E-state index contributed by atoms with van der Waals surface area (Å²) in [4.78, 5) is 11.1. The molecule has 0 saturated carbocycles. The summed E-state index contributed by atoms with van der Waals surface area (Å²) in [5.74, 6) is 0. The highest BCUT2D eigenvalue weighted by atomic mass is 35.5. The van der Waals surface area contributed by atoms with Crippen LogP contribution >= 0.6 is 18.9 Å². The Hall–Kier alpha value is -2.46. The summed E-state index contributed by atoms with van der Waals surface area (Å²) in [6, 6.07) is 24.8. The van der Waals surface area contributed by atoms with Crippen molar-refractivity contribution < 1.29 is 9.49 Å². The molecule has 0 unspecified atom stereocenters. The molecule has 0 aliphatic carbocycles. The number of halogens is 1. The monoisotopic (exact) mass is 414 g/mol. The van der Waals surface area contributed by atoms with Gasteiger partial charge >= 0.3 is 0 Å². The van der Waals surface area contributed by atoms with Crippen LogP contribution in [0.2, 0.25) is 5.02 Å². The normalized spacial score (nSPS) is 13.6. The van der Waals surface area contributed by atoms with E-state index < -0.39 is 24.3 Å². The molecule has 0 saturated heterocycles. The van der Waals surface area contributed by atoms with E-state index in [1.165, 1.54) is 0 Å². The van der Waals surface area contributed by atoms with Gasteiger partial charge in [0.25, 0.3) is 0 Å². The van der Waals surface area contributed by atoms with Gasteiger partial charge in [-0.15, -0.1) is 0 Å². The Morgan fingerprint density at radius 3 is 1.82 bits per heavy atom. The highest BCUT2D eigenvalue weighted by Gasteiger charge is 2.41. The van der Waals surface area contributed by atoms with Crippen LogP contribution in [0.4, 0.5) is 0 Å². The van der Waals surface area contributed by atoms with Crippen LogP contribution in [0.3, 0.4) is 0 Å². The summed E-state index contributed by atoms with van der Waals surface area (Å²) < 4.78 is 14.3. The van der Waals surface area contributed by atoms with Gasteiger partial charge in [0.15, 0.2) is 0 Å². The highest BCUT2D eigenvalue weighted by Crippen LogP contribution is 2.43. The third kappa shape index (κ3) is 4.33. The maximum Gasteiger partial charge on any atom is 0.226 e. The van der Waals surface area contributed by atoms with Crippen molar-refractivity contribution in [2.75, 3.05) is 6.54 Å². The summed E-state index contributed by atoms with van der Waals surface area (Å²) in [5.41, 5.74) is -0.532. The molecule has 144 valence electrons. The predicted molar refractivity (Wildman–Crippen MR) is 114 cm³/mol. The lowest BCUT2D eigenvalue weighted by atomic mass is 9.93. The summed E-state index contributed by atoms with van der Waals surface area (Å²) >= 11 is 5.98. The van der Waals surface area contributed by atoms with E-state index in [1.54, 1.807) is 79.7 Å². The topological polar surface area (TPSA) is 72.2 Å². The molecule has 5 nitrogen and oxygen atoms in total. The number of nitrogens with one attached hydrogen (secondary N) is 1. The number of hydrogen-bond donors (Lipinski definition) is 1. The lowest BCUT2D eigenvalue weighted by Gasteiger charge is -2.33. The van der Waals surface area contributed by atoms with Gasteiger partial charge in [-0.25, -0.2) is 5.09 Å². The van der Waals surface area contributed by atoms with Crippen molar-refractivity contribution in [2.24, 2.45) is 0 Å². The Balaban J connectivity index is 2.15. The van der Waals surface area contributed by atoms with E-state index in [0.29, 0.717) is 21.2 Å². The number of nitro groups is 1. The van der Waals surface area contributed by atoms with Crippen LogP contribution in [0.25, 0.3) is 0 Å². The van der Waals surface area contributed by atoms with Gasteiger partial charge in [0.1, 0.15) is 5.54 Å². The smallest absolute Gasteiger partial charge is 0.226 e. The van der Waals surface area contributed by atoms with Gasteiger partial charge in [0.2, 0.25) is 13.8 Å². The average molecular weight is 415 g/mol. The second-order valence-electron chi connectivity index (χ2n) is 6.72. The van der Waals surface area contributed by atoms with Crippen molar-refractivity contribution in [3.05, 3.63) is 106 Å². The molecule has 0 aliphatic heterocycles. The van der Waals surface area contributed by atoms with Crippen LogP contribution in [-0.2, 0) is 10.1 Å². The van der Waals surface area contributed by atoms with Crippen LogP contribution in [0.1, 0.15) is 12.5 Å². The van der Waals surface area contributed by atoms with Crippen LogP contribution in [0, 0.1) is 10.1 Å². The van der Waals surface area contributed by atoms with Crippen LogP contribution in [-0.4, -0.2) is 11.5 Å². The fraction of sp³-hybridized carbons (Fsp3) is 0.143. The summed E-state index contributed by atoms with van der Waals surface area (Å²) in [6.07, 6.45) is 0. The molecular weight excluding hydrogens is 395 g/mol. The van der Waals surface area contributed by atoms with Gasteiger partial charge in [0, 0.05) is 20.6 Å². The molecule has 0 fully saturated rings. The van der Waals surface area contributed by atoms with E-state index in [4.69, 9.17) is 11.6 Å². The molecule has 0 aliphatic rings. The zero-order chi connectivity index (χ0) is 20.2. The van der Waals surface area contributed by atoms with Gasteiger partial charge in [-0.2, -0.15) is 0 Å². The quantitative estimate of drug-likeness (QED) is 0.354. The first-order chi connectivity index (χ1) is 13.3. The average Bonchev–Trinajstić information content (AvgIpc) is 2.69. The van der Waals surface area contributed by atoms with Crippen molar-refractivity contribution >= 4 is 29.5 Å². The standard InChI is InChI=1S/C21H20ClN2O3P/c1-21(16-24(25)26,17-12-14-18(22)15-13-17)23-28(27,19-8-4-2-5-9-19)20-10-6-3-7-11-20/h2-15H,16H2,1H3,(H,23,27)/t21-/m0/s1. The van der Waals surface area contributed by atoms with E-state index in [-0.39, 0.29) is 0 Å². The van der Waals surface area contributed by atoms with E-state index in [9.17, 15) is 14.7 Å². The molecule has 0 radical (unpaired) electrons. The van der Waals surface area contributed by atoms with E-state index in [2.05, 4.69) is 5.09 Å². The number of nitrogens with zero attached hydrogens (tertiary/aromatic N) is 1. The third-order valence-corrected chi connectivity index (χ3v) is 7.68. The molecule has 1 atom stereocenters. The van der Waals surface area contributed by atoms with Crippen LogP contribution < -0.4 is 15.7 Å². The number of rotatable bonds is 7. The molecule has 0 heterocycles. The van der Waals surface area contributed by atoms with Crippen molar-refractivity contribution in [3.8, 4) is 0 Å². The molecule has 1 N–H and O–H groups in total. The van der Waals surface area contributed by atoms with E-state index in [1.807, 2.05) is 12.1 Å². The van der Waals surface area contributed by atoms with Crippen LogP contribution in [0.5, 0.6) is 0 Å². The number of hydrogen-bond acceptors (Lipinski definition) is 3. The minimum absolute atomic E-state index is 0.401. The second kappa shape index (κ2) is 8.27. The minimum atomic E-state index is -3.37. The van der Waals surface area contributed by atoms with Gasteiger partial charge in [-0.3, -0.25) is 14.7 Å². The summed E-state index contributed by atoms with van der Waals surface area (Å²) in [6.45, 7) is 1.26. The van der Waals surface area contributed by atoms with Gasteiger partial charge in [0.05, 0.1) is 0 Å². The van der Waals surface area contributed by atoms with Gasteiger partial charge in [-0.05, 0) is 48.9 Å². The Bertz CT molecular complexity index is 954. The molecule has 0 aromatic heterocycles.